The third kappa shape index (κ3) is 6.66. The van der Waals surface area contributed by atoms with Crippen LogP contribution in [0, 0.1) is 0 Å². The molecule has 31 heavy (non-hydrogen) atoms. The van der Waals surface area contributed by atoms with Crippen LogP contribution in [0.15, 0.2) is 85.2 Å². The topological polar surface area (TPSA) is 62.7 Å². The van der Waals surface area contributed by atoms with Crippen molar-refractivity contribution in [3.05, 3.63) is 90.8 Å². The molecule has 1 saturated heterocycles. The van der Waals surface area contributed by atoms with Crippen LogP contribution in [0.3, 0.4) is 0 Å². The highest BCUT2D eigenvalue weighted by Gasteiger charge is 2.30. The van der Waals surface area contributed by atoms with Crippen molar-refractivity contribution in [2.75, 3.05) is 13.2 Å². The Morgan fingerprint density at radius 1 is 1.03 bits per heavy atom. The van der Waals surface area contributed by atoms with Crippen LogP contribution in [0.1, 0.15) is 37.8 Å². The maximum atomic E-state index is 12.3. The second kappa shape index (κ2) is 11.9. The molecule has 0 radical (unpaired) electrons. The summed E-state index contributed by atoms with van der Waals surface area (Å²) in [4.78, 5) is 18.2. The van der Waals surface area contributed by atoms with Gasteiger partial charge in [-0.3, -0.25) is 4.98 Å². The predicted molar refractivity (Wildman–Crippen MR) is 122 cm³/mol. The fourth-order valence-electron chi connectivity index (χ4n) is 3.57. The lowest BCUT2D eigenvalue weighted by atomic mass is 10.0. The van der Waals surface area contributed by atoms with Crippen LogP contribution in [-0.2, 0) is 4.74 Å². The number of ether oxygens (including phenoxy) is 1. The smallest absolute Gasteiger partial charge is 0.410 e. The Morgan fingerprint density at radius 3 is 2.26 bits per heavy atom. The average Bonchev–Trinajstić information content (AvgIpc) is 2.84. The molecule has 1 fully saturated rings. The number of aromatic nitrogens is 1. The molecular weight excluding hydrogens is 388 g/mol. The van der Waals surface area contributed by atoms with Gasteiger partial charge >= 0.3 is 6.09 Å². The van der Waals surface area contributed by atoms with Gasteiger partial charge in [0.15, 0.2) is 0 Å². The fraction of sp³-hybridized carbons (Fsp3) is 0.308. The van der Waals surface area contributed by atoms with E-state index in [0.717, 1.165) is 29.5 Å². The Balaban J connectivity index is 0.000000391. The van der Waals surface area contributed by atoms with Crippen molar-refractivity contribution in [3.8, 4) is 11.1 Å². The zero-order chi connectivity index (χ0) is 21.9. The maximum absolute atomic E-state index is 12.3. The average molecular weight is 419 g/mol. The SMILES string of the molecule is CC(c1ccc(-c2cccnc2)cc1)N1CCC(CCCO)OC1=O.c1ccccc1. The van der Waals surface area contributed by atoms with E-state index in [4.69, 9.17) is 9.84 Å². The van der Waals surface area contributed by atoms with Gasteiger partial charge in [0.25, 0.3) is 0 Å². The normalized spacial score (nSPS) is 16.6. The van der Waals surface area contributed by atoms with Crippen molar-refractivity contribution in [1.29, 1.82) is 0 Å². The maximum Gasteiger partial charge on any atom is 0.410 e. The van der Waals surface area contributed by atoms with Crippen molar-refractivity contribution in [2.45, 2.75) is 38.3 Å². The zero-order valence-electron chi connectivity index (χ0n) is 17.9. The molecule has 1 aliphatic rings. The van der Waals surface area contributed by atoms with E-state index in [9.17, 15) is 4.79 Å². The first-order valence-electron chi connectivity index (χ1n) is 10.8. The van der Waals surface area contributed by atoms with Crippen LogP contribution in [0.25, 0.3) is 11.1 Å². The fourth-order valence-corrected chi connectivity index (χ4v) is 3.57. The van der Waals surface area contributed by atoms with Gasteiger partial charge in [-0.1, -0.05) is 66.7 Å². The number of rotatable bonds is 6. The van der Waals surface area contributed by atoms with E-state index < -0.39 is 0 Å². The van der Waals surface area contributed by atoms with E-state index in [-0.39, 0.29) is 24.8 Å². The zero-order valence-corrected chi connectivity index (χ0v) is 17.9. The Hall–Kier alpha value is -3.18. The van der Waals surface area contributed by atoms with E-state index in [1.807, 2.05) is 61.7 Å². The summed E-state index contributed by atoms with van der Waals surface area (Å²) in [6, 6.07) is 24.1. The van der Waals surface area contributed by atoms with E-state index >= 15 is 0 Å². The molecule has 2 heterocycles. The molecule has 3 aromatic rings. The van der Waals surface area contributed by atoms with Crippen LogP contribution in [0.5, 0.6) is 0 Å². The number of aliphatic hydroxyl groups excluding tert-OH is 1. The van der Waals surface area contributed by atoms with E-state index in [0.29, 0.717) is 13.0 Å². The first-order valence-corrected chi connectivity index (χ1v) is 10.8. The molecule has 5 heteroatoms. The first kappa shape index (κ1) is 22.5. The van der Waals surface area contributed by atoms with Crippen molar-refractivity contribution in [1.82, 2.24) is 9.88 Å². The van der Waals surface area contributed by atoms with Gasteiger partial charge in [0.05, 0.1) is 6.04 Å². The van der Waals surface area contributed by atoms with Gasteiger partial charge in [-0.05, 0) is 42.5 Å². The summed E-state index contributed by atoms with van der Waals surface area (Å²) in [5.41, 5.74) is 3.26. The lowest BCUT2D eigenvalue weighted by Crippen LogP contribution is -2.43. The van der Waals surface area contributed by atoms with Gasteiger partial charge in [-0.2, -0.15) is 0 Å². The number of benzene rings is 2. The summed E-state index contributed by atoms with van der Waals surface area (Å²) in [7, 11) is 0. The number of amides is 1. The number of aliphatic hydroxyl groups is 1. The lowest BCUT2D eigenvalue weighted by Gasteiger charge is -2.35. The highest BCUT2D eigenvalue weighted by Crippen LogP contribution is 2.28. The number of hydrogen-bond acceptors (Lipinski definition) is 4. The van der Waals surface area contributed by atoms with Crippen LogP contribution in [0.2, 0.25) is 0 Å². The molecule has 162 valence electrons. The molecular formula is C26H30N2O3. The van der Waals surface area contributed by atoms with Crippen LogP contribution in [-0.4, -0.2) is 40.3 Å². The minimum atomic E-state index is -0.266. The molecule has 1 amide bonds. The summed E-state index contributed by atoms with van der Waals surface area (Å²) < 4.78 is 5.50. The number of hydrogen-bond donors (Lipinski definition) is 1. The van der Waals surface area contributed by atoms with Gasteiger partial charge < -0.3 is 14.7 Å². The molecule has 2 unspecified atom stereocenters. The number of nitrogens with zero attached hydrogens (tertiary/aromatic N) is 2. The molecule has 2 atom stereocenters. The summed E-state index contributed by atoms with van der Waals surface area (Å²) >= 11 is 0. The molecule has 0 aliphatic carbocycles. The van der Waals surface area contributed by atoms with Gasteiger partial charge in [0, 0.05) is 32.0 Å². The Bertz CT molecular complexity index is 874. The van der Waals surface area contributed by atoms with Crippen molar-refractivity contribution < 1.29 is 14.6 Å². The molecule has 1 N–H and O–H groups in total. The molecule has 5 nitrogen and oxygen atoms in total. The summed E-state index contributed by atoms with van der Waals surface area (Å²) in [5.74, 6) is 0. The lowest BCUT2D eigenvalue weighted by molar-refractivity contribution is 0.00760. The monoisotopic (exact) mass is 418 g/mol. The molecule has 1 aliphatic heterocycles. The number of pyridine rings is 1. The summed E-state index contributed by atoms with van der Waals surface area (Å²) in [6.07, 6.45) is 5.47. The molecule has 0 saturated carbocycles. The first-order chi connectivity index (χ1) is 15.2. The predicted octanol–water partition coefficient (Wildman–Crippen LogP) is 5.48. The largest absolute Gasteiger partial charge is 0.446 e. The number of carbonyl (C=O) groups is 1. The van der Waals surface area contributed by atoms with Gasteiger partial charge in [0.1, 0.15) is 6.10 Å². The van der Waals surface area contributed by atoms with Crippen molar-refractivity contribution in [3.63, 3.8) is 0 Å². The van der Waals surface area contributed by atoms with E-state index in [1.165, 1.54) is 0 Å². The van der Waals surface area contributed by atoms with E-state index in [2.05, 4.69) is 29.2 Å². The van der Waals surface area contributed by atoms with Gasteiger partial charge in [-0.25, -0.2) is 4.79 Å². The molecule has 0 bridgehead atoms. The summed E-state index contributed by atoms with van der Waals surface area (Å²) in [6.45, 7) is 2.84. The van der Waals surface area contributed by atoms with E-state index in [1.54, 1.807) is 11.1 Å². The Labute approximate surface area is 184 Å². The Kier molecular flexibility index (Phi) is 8.61. The third-order valence-corrected chi connectivity index (χ3v) is 5.40. The highest BCUT2D eigenvalue weighted by molar-refractivity contribution is 5.69. The third-order valence-electron chi connectivity index (χ3n) is 5.40. The van der Waals surface area contributed by atoms with Crippen LogP contribution < -0.4 is 0 Å². The van der Waals surface area contributed by atoms with Gasteiger partial charge in [0.2, 0.25) is 0 Å². The minimum Gasteiger partial charge on any atom is -0.446 e. The van der Waals surface area contributed by atoms with Crippen molar-refractivity contribution >= 4 is 6.09 Å². The Morgan fingerprint density at radius 2 is 1.71 bits per heavy atom. The van der Waals surface area contributed by atoms with Gasteiger partial charge in [-0.15, -0.1) is 0 Å². The molecule has 1 aromatic heterocycles. The summed E-state index contributed by atoms with van der Waals surface area (Å²) in [5, 5.41) is 8.90. The quantitative estimate of drug-likeness (QED) is 0.576. The van der Waals surface area contributed by atoms with Crippen molar-refractivity contribution in [2.24, 2.45) is 0 Å². The highest BCUT2D eigenvalue weighted by atomic mass is 16.6. The minimum absolute atomic E-state index is 0.0331. The van der Waals surface area contributed by atoms with Crippen LogP contribution >= 0.6 is 0 Å². The molecule has 0 spiro atoms. The second-order valence-corrected chi connectivity index (χ2v) is 7.55. The number of carbonyl (C=O) groups excluding carboxylic acids is 1. The molecule has 4 rings (SSSR count). The standard InChI is InChI=1S/C20H24N2O3.C6H6/c1-15(22-12-10-19(5-3-13-23)25-20(22)24)16-6-8-17(9-7-16)18-4-2-11-21-14-18;1-2-4-6-5-3-1/h2,4,6-9,11,14-15,19,23H,3,5,10,12-13H2,1H3;1-6H. The van der Waals surface area contributed by atoms with Crippen LogP contribution in [0.4, 0.5) is 4.79 Å². The second-order valence-electron chi connectivity index (χ2n) is 7.55. The molecule has 2 aromatic carbocycles. The number of cyclic esters (lactones) is 1.